The fourth-order valence-electron chi connectivity index (χ4n) is 2.78. The molecule has 0 N–H and O–H groups in total. The first-order valence-electron chi connectivity index (χ1n) is 8.00. The minimum atomic E-state index is 0.182. The topological polar surface area (TPSA) is 42.4 Å². The van der Waals surface area contributed by atoms with Gasteiger partial charge in [0.25, 0.3) is 0 Å². The molecule has 1 amide bonds. The molecule has 2 unspecified atom stereocenters. The number of anilines is 1. The molecule has 1 fully saturated rings. The van der Waals surface area contributed by atoms with Crippen LogP contribution in [0.1, 0.15) is 25.3 Å². The van der Waals surface area contributed by atoms with Crippen LogP contribution < -0.4 is 9.64 Å². The predicted octanol–water partition coefficient (Wildman–Crippen LogP) is 3.67. The van der Waals surface area contributed by atoms with Gasteiger partial charge in [0.05, 0.1) is 13.7 Å². The molecular weight excluding hydrogens is 288 g/mol. The lowest BCUT2D eigenvalue weighted by atomic mass is 10.1. The van der Waals surface area contributed by atoms with E-state index < -0.39 is 0 Å². The van der Waals surface area contributed by atoms with E-state index in [2.05, 4.69) is 11.9 Å². The van der Waals surface area contributed by atoms with Gasteiger partial charge in [-0.25, -0.2) is 0 Å². The molecule has 0 saturated heterocycles. The number of carbonyl (C=O) groups excluding carboxylic acids is 1. The number of hydrogen-bond acceptors (Lipinski definition) is 3. The molecule has 0 spiro atoms. The molecule has 1 aromatic heterocycles. The third kappa shape index (κ3) is 3.89. The Morgan fingerprint density at radius 2 is 1.87 bits per heavy atom. The van der Waals surface area contributed by atoms with Crippen molar-refractivity contribution in [1.29, 1.82) is 0 Å². The Morgan fingerprint density at radius 1 is 1.22 bits per heavy atom. The minimum absolute atomic E-state index is 0.182. The van der Waals surface area contributed by atoms with Crippen molar-refractivity contribution in [1.82, 2.24) is 4.98 Å². The number of rotatable bonds is 6. The Morgan fingerprint density at radius 3 is 2.43 bits per heavy atom. The van der Waals surface area contributed by atoms with E-state index in [0.717, 1.165) is 17.0 Å². The lowest BCUT2D eigenvalue weighted by Crippen LogP contribution is -2.30. The Bertz CT molecular complexity index is 655. The Labute approximate surface area is 137 Å². The maximum absolute atomic E-state index is 12.7. The van der Waals surface area contributed by atoms with E-state index in [9.17, 15) is 4.79 Å². The van der Waals surface area contributed by atoms with Crippen LogP contribution in [0.3, 0.4) is 0 Å². The maximum atomic E-state index is 12.7. The second-order valence-electron chi connectivity index (χ2n) is 6.21. The van der Waals surface area contributed by atoms with Crippen LogP contribution in [-0.4, -0.2) is 18.0 Å². The van der Waals surface area contributed by atoms with E-state index in [1.165, 1.54) is 6.42 Å². The average molecular weight is 310 g/mol. The largest absolute Gasteiger partial charge is 0.497 e. The van der Waals surface area contributed by atoms with Crippen LogP contribution in [0.25, 0.3) is 0 Å². The summed E-state index contributed by atoms with van der Waals surface area (Å²) in [4.78, 5) is 18.7. The molecule has 1 aromatic carbocycles. The fraction of sp³-hybridized carbons (Fsp3) is 0.368. The molecule has 1 aliphatic rings. The van der Waals surface area contributed by atoms with Gasteiger partial charge in [-0.3, -0.25) is 9.78 Å². The average Bonchev–Trinajstić information content (AvgIpc) is 3.28. The van der Waals surface area contributed by atoms with Gasteiger partial charge in [0, 0.05) is 24.5 Å². The maximum Gasteiger partial charge on any atom is 0.227 e. The molecule has 3 rings (SSSR count). The second-order valence-corrected chi connectivity index (χ2v) is 6.21. The predicted molar refractivity (Wildman–Crippen MR) is 90.3 cm³/mol. The van der Waals surface area contributed by atoms with Crippen LogP contribution in [-0.2, 0) is 11.3 Å². The molecular formula is C19H22N2O2. The van der Waals surface area contributed by atoms with E-state index in [1.807, 2.05) is 41.3 Å². The van der Waals surface area contributed by atoms with Gasteiger partial charge in [-0.05, 0) is 48.1 Å². The van der Waals surface area contributed by atoms with Gasteiger partial charge >= 0.3 is 0 Å². The second kappa shape index (κ2) is 6.82. The van der Waals surface area contributed by atoms with Gasteiger partial charge in [0.2, 0.25) is 5.91 Å². The molecule has 2 atom stereocenters. The van der Waals surface area contributed by atoms with Crippen molar-refractivity contribution >= 4 is 11.6 Å². The van der Waals surface area contributed by atoms with Crippen LogP contribution in [0.4, 0.5) is 5.69 Å². The molecule has 1 aliphatic carbocycles. The first-order valence-corrected chi connectivity index (χ1v) is 8.00. The van der Waals surface area contributed by atoms with Gasteiger partial charge in [-0.15, -0.1) is 0 Å². The zero-order valence-electron chi connectivity index (χ0n) is 13.6. The van der Waals surface area contributed by atoms with Crippen molar-refractivity contribution in [3.8, 4) is 5.75 Å². The summed E-state index contributed by atoms with van der Waals surface area (Å²) in [6, 6.07) is 11.6. The third-order valence-electron chi connectivity index (χ3n) is 4.49. The summed E-state index contributed by atoms with van der Waals surface area (Å²) in [5.41, 5.74) is 1.98. The van der Waals surface area contributed by atoms with Crippen LogP contribution in [0.15, 0.2) is 48.8 Å². The highest BCUT2D eigenvalue weighted by Gasteiger charge is 2.35. The lowest BCUT2D eigenvalue weighted by Gasteiger charge is -2.23. The summed E-state index contributed by atoms with van der Waals surface area (Å²) in [5, 5.41) is 0. The number of benzene rings is 1. The zero-order valence-corrected chi connectivity index (χ0v) is 13.6. The monoisotopic (exact) mass is 310 g/mol. The molecule has 1 heterocycles. The number of ether oxygens (including phenoxy) is 1. The van der Waals surface area contributed by atoms with E-state index in [4.69, 9.17) is 4.74 Å². The Kier molecular flexibility index (Phi) is 4.60. The third-order valence-corrected chi connectivity index (χ3v) is 4.49. The lowest BCUT2D eigenvalue weighted by molar-refractivity contribution is -0.119. The zero-order chi connectivity index (χ0) is 16.2. The molecule has 4 heteroatoms. The highest BCUT2D eigenvalue weighted by Crippen LogP contribution is 2.41. The molecule has 1 saturated carbocycles. The van der Waals surface area contributed by atoms with E-state index >= 15 is 0 Å². The molecule has 0 bridgehead atoms. The van der Waals surface area contributed by atoms with Crippen molar-refractivity contribution in [2.75, 3.05) is 12.0 Å². The molecule has 0 aliphatic heterocycles. The van der Waals surface area contributed by atoms with E-state index in [0.29, 0.717) is 24.8 Å². The first-order chi connectivity index (χ1) is 11.2. The molecule has 23 heavy (non-hydrogen) atoms. The smallest absolute Gasteiger partial charge is 0.227 e. The Balaban J connectivity index is 1.77. The van der Waals surface area contributed by atoms with Crippen molar-refractivity contribution in [2.45, 2.75) is 26.3 Å². The number of pyridine rings is 1. The number of nitrogens with zero attached hydrogens (tertiary/aromatic N) is 2. The van der Waals surface area contributed by atoms with Crippen LogP contribution in [0.5, 0.6) is 5.75 Å². The van der Waals surface area contributed by atoms with Gasteiger partial charge in [0.1, 0.15) is 5.75 Å². The Hall–Kier alpha value is -2.36. The van der Waals surface area contributed by atoms with Crippen LogP contribution >= 0.6 is 0 Å². The highest BCUT2D eigenvalue weighted by atomic mass is 16.5. The fourth-order valence-corrected chi connectivity index (χ4v) is 2.78. The van der Waals surface area contributed by atoms with Gasteiger partial charge in [-0.1, -0.05) is 19.1 Å². The summed E-state index contributed by atoms with van der Waals surface area (Å²) in [6.07, 6.45) is 5.24. The van der Waals surface area contributed by atoms with Crippen molar-refractivity contribution in [3.63, 3.8) is 0 Å². The molecule has 4 nitrogen and oxygen atoms in total. The van der Waals surface area contributed by atoms with E-state index in [1.54, 1.807) is 19.5 Å². The van der Waals surface area contributed by atoms with Crippen LogP contribution in [0.2, 0.25) is 0 Å². The van der Waals surface area contributed by atoms with Crippen molar-refractivity contribution in [2.24, 2.45) is 11.8 Å². The SMILES string of the molecule is COc1ccc(CN(C(=O)CC2CC2C)c2ccncc2)cc1. The van der Waals surface area contributed by atoms with Gasteiger partial charge < -0.3 is 9.64 Å². The standard InChI is InChI=1S/C19H22N2O2/c1-14-11-16(14)12-19(22)21(17-7-9-20-10-8-17)13-15-3-5-18(23-2)6-4-15/h3-10,14,16H,11-13H2,1-2H3. The van der Waals surface area contributed by atoms with Crippen LogP contribution in [0, 0.1) is 11.8 Å². The summed E-state index contributed by atoms with van der Waals surface area (Å²) >= 11 is 0. The molecule has 2 aromatic rings. The highest BCUT2D eigenvalue weighted by molar-refractivity contribution is 5.93. The number of methoxy groups -OCH3 is 1. The van der Waals surface area contributed by atoms with Gasteiger partial charge in [-0.2, -0.15) is 0 Å². The molecule has 120 valence electrons. The minimum Gasteiger partial charge on any atom is -0.497 e. The number of aromatic nitrogens is 1. The number of hydrogen-bond donors (Lipinski definition) is 0. The van der Waals surface area contributed by atoms with Gasteiger partial charge in [0.15, 0.2) is 0 Å². The van der Waals surface area contributed by atoms with Crippen molar-refractivity contribution < 1.29 is 9.53 Å². The number of amides is 1. The summed E-state index contributed by atoms with van der Waals surface area (Å²) < 4.78 is 5.19. The summed E-state index contributed by atoms with van der Waals surface area (Å²) in [7, 11) is 1.65. The summed E-state index contributed by atoms with van der Waals surface area (Å²) in [6.45, 7) is 2.77. The normalized spacial score (nSPS) is 19.2. The first kappa shape index (κ1) is 15.5. The quantitative estimate of drug-likeness (QED) is 0.817. The van der Waals surface area contributed by atoms with Crippen molar-refractivity contribution in [3.05, 3.63) is 54.4 Å². The molecule has 0 radical (unpaired) electrons. The van der Waals surface area contributed by atoms with E-state index in [-0.39, 0.29) is 5.91 Å². The summed E-state index contributed by atoms with van der Waals surface area (Å²) in [5.74, 6) is 2.23. The number of carbonyl (C=O) groups is 1.